The molecule has 1 unspecified atom stereocenters. The van der Waals surface area contributed by atoms with Crippen LogP contribution in [0.4, 0.5) is 10.1 Å². The van der Waals surface area contributed by atoms with Crippen LogP contribution in [0.25, 0.3) is 0 Å². The molecule has 4 rings (SSSR count). The lowest BCUT2D eigenvalue weighted by molar-refractivity contribution is -0.139. The van der Waals surface area contributed by atoms with Gasteiger partial charge in [-0.3, -0.25) is 13.9 Å². The lowest BCUT2D eigenvalue weighted by Crippen LogP contribution is -2.53. The molecule has 1 aliphatic rings. The zero-order valence-electron chi connectivity index (χ0n) is 22.3. The number of nitrogens with zero attached hydrogens (tertiary/aromatic N) is 2. The molecule has 7 nitrogen and oxygen atoms in total. The first-order chi connectivity index (χ1) is 19.1. The fraction of sp³-hybridized carbons (Fsp3) is 0.333. The van der Waals surface area contributed by atoms with E-state index in [9.17, 15) is 22.4 Å². The second-order valence-corrected chi connectivity index (χ2v) is 12.7. The number of amides is 2. The maximum Gasteiger partial charge on any atom is 0.264 e. The zero-order valence-corrected chi connectivity index (χ0v) is 24.7. The highest BCUT2D eigenvalue weighted by atomic mass is 79.9. The van der Waals surface area contributed by atoms with Crippen molar-refractivity contribution >= 4 is 43.5 Å². The number of rotatable bonds is 10. The number of carbonyl (C=O) groups excluding carboxylic acids is 2. The second-order valence-electron chi connectivity index (χ2n) is 9.97. The van der Waals surface area contributed by atoms with Gasteiger partial charge < -0.3 is 10.2 Å². The van der Waals surface area contributed by atoms with Crippen molar-refractivity contribution in [2.75, 3.05) is 10.8 Å². The number of hydrogen-bond acceptors (Lipinski definition) is 4. The Balaban J connectivity index is 1.65. The summed E-state index contributed by atoms with van der Waals surface area (Å²) in [5.41, 5.74) is 0.926. The Hall–Kier alpha value is -3.24. The molecular formula is C30H33BrFN3O4S. The van der Waals surface area contributed by atoms with Gasteiger partial charge in [-0.05, 0) is 73.9 Å². The largest absolute Gasteiger partial charge is 0.352 e. The molecule has 2 amide bonds. The molecule has 212 valence electrons. The van der Waals surface area contributed by atoms with Crippen LogP contribution in [0.3, 0.4) is 0 Å². The van der Waals surface area contributed by atoms with Crippen molar-refractivity contribution < 1.29 is 22.4 Å². The van der Waals surface area contributed by atoms with Crippen LogP contribution >= 0.6 is 15.9 Å². The molecule has 1 fully saturated rings. The predicted octanol–water partition coefficient (Wildman–Crippen LogP) is 5.65. The fourth-order valence-electron chi connectivity index (χ4n) is 4.79. The molecule has 10 heteroatoms. The average molecular weight is 631 g/mol. The molecule has 0 aliphatic heterocycles. The van der Waals surface area contributed by atoms with Crippen molar-refractivity contribution in [3.05, 3.63) is 94.7 Å². The third-order valence-corrected chi connectivity index (χ3v) is 9.43. The summed E-state index contributed by atoms with van der Waals surface area (Å²) in [7, 11) is -4.12. The third-order valence-electron chi connectivity index (χ3n) is 7.11. The molecule has 1 aliphatic carbocycles. The number of anilines is 1. The van der Waals surface area contributed by atoms with Gasteiger partial charge in [0, 0.05) is 17.1 Å². The summed E-state index contributed by atoms with van der Waals surface area (Å²) in [6.07, 6.45) is 4.99. The molecule has 1 N–H and O–H groups in total. The molecular weight excluding hydrogens is 597 g/mol. The van der Waals surface area contributed by atoms with Gasteiger partial charge in [0.25, 0.3) is 10.0 Å². The van der Waals surface area contributed by atoms with Gasteiger partial charge in [-0.2, -0.15) is 0 Å². The molecule has 0 bridgehead atoms. The van der Waals surface area contributed by atoms with Crippen molar-refractivity contribution in [3.63, 3.8) is 0 Å². The van der Waals surface area contributed by atoms with Crippen molar-refractivity contribution in [3.8, 4) is 0 Å². The first kappa shape index (κ1) is 29.7. The van der Waals surface area contributed by atoms with Crippen LogP contribution in [0.1, 0.15) is 44.6 Å². The molecule has 1 atom stereocenters. The van der Waals surface area contributed by atoms with Crippen LogP contribution in [-0.4, -0.2) is 43.8 Å². The van der Waals surface area contributed by atoms with Crippen molar-refractivity contribution in [1.82, 2.24) is 10.2 Å². The highest BCUT2D eigenvalue weighted by Crippen LogP contribution is 2.26. The molecule has 1 saturated carbocycles. The van der Waals surface area contributed by atoms with E-state index in [1.165, 1.54) is 29.2 Å². The molecule has 3 aromatic rings. The summed E-state index contributed by atoms with van der Waals surface area (Å²) in [4.78, 5) is 28.6. The minimum Gasteiger partial charge on any atom is -0.352 e. The fourth-order valence-corrected chi connectivity index (χ4v) is 6.49. The number of carbonyl (C=O) groups is 2. The molecule has 40 heavy (non-hydrogen) atoms. The second kappa shape index (κ2) is 13.4. The van der Waals surface area contributed by atoms with Crippen molar-refractivity contribution in [2.45, 2.75) is 62.6 Å². The van der Waals surface area contributed by atoms with Gasteiger partial charge in [0.05, 0.1) is 10.6 Å². The Kier molecular flexibility index (Phi) is 9.97. The van der Waals surface area contributed by atoms with E-state index in [4.69, 9.17) is 0 Å². The lowest BCUT2D eigenvalue weighted by Gasteiger charge is -2.33. The van der Waals surface area contributed by atoms with E-state index >= 15 is 0 Å². The highest BCUT2D eigenvalue weighted by Gasteiger charge is 2.33. The van der Waals surface area contributed by atoms with Gasteiger partial charge in [0.2, 0.25) is 11.8 Å². The quantitative estimate of drug-likeness (QED) is 0.314. The van der Waals surface area contributed by atoms with E-state index in [1.54, 1.807) is 61.5 Å². The summed E-state index contributed by atoms with van der Waals surface area (Å²) in [6.45, 7) is 1.12. The third kappa shape index (κ3) is 7.48. The zero-order chi connectivity index (χ0) is 28.7. The molecule has 0 heterocycles. The Morgan fingerprint density at radius 3 is 2.20 bits per heavy atom. The van der Waals surface area contributed by atoms with Crippen molar-refractivity contribution in [2.24, 2.45) is 0 Å². The number of hydrogen-bond donors (Lipinski definition) is 1. The topological polar surface area (TPSA) is 86.8 Å². The van der Waals surface area contributed by atoms with Crippen LogP contribution in [0.15, 0.2) is 88.2 Å². The van der Waals surface area contributed by atoms with Crippen LogP contribution in [0.5, 0.6) is 0 Å². The normalized spacial score (nSPS) is 14.8. The summed E-state index contributed by atoms with van der Waals surface area (Å²) in [5, 5.41) is 3.07. The molecule has 3 aromatic carbocycles. The van der Waals surface area contributed by atoms with E-state index < -0.39 is 34.3 Å². The van der Waals surface area contributed by atoms with E-state index in [0.717, 1.165) is 40.9 Å². The smallest absolute Gasteiger partial charge is 0.264 e. The maximum absolute atomic E-state index is 13.9. The summed E-state index contributed by atoms with van der Waals surface area (Å²) in [6, 6.07) is 19.4. The maximum atomic E-state index is 13.9. The van der Waals surface area contributed by atoms with Crippen LogP contribution < -0.4 is 9.62 Å². The van der Waals surface area contributed by atoms with Gasteiger partial charge in [-0.25, -0.2) is 12.8 Å². The monoisotopic (exact) mass is 629 g/mol. The van der Waals surface area contributed by atoms with Crippen LogP contribution in [0.2, 0.25) is 0 Å². The number of sulfonamides is 1. The van der Waals surface area contributed by atoms with Gasteiger partial charge in [-0.1, -0.05) is 65.5 Å². The molecule has 0 saturated heterocycles. The Morgan fingerprint density at radius 1 is 0.950 bits per heavy atom. The van der Waals surface area contributed by atoms with E-state index in [1.807, 2.05) is 0 Å². The first-order valence-electron chi connectivity index (χ1n) is 13.3. The van der Waals surface area contributed by atoms with Gasteiger partial charge in [0.1, 0.15) is 18.4 Å². The van der Waals surface area contributed by atoms with E-state index in [2.05, 4.69) is 21.2 Å². The van der Waals surface area contributed by atoms with Crippen LogP contribution in [0, 0.1) is 5.82 Å². The van der Waals surface area contributed by atoms with Crippen LogP contribution in [-0.2, 0) is 26.2 Å². The number of halogens is 2. The summed E-state index contributed by atoms with van der Waals surface area (Å²) in [5.74, 6) is -1.28. The van der Waals surface area contributed by atoms with Crippen molar-refractivity contribution in [1.29, 1.82) is 0 Å². The predicted molar refractivity (Wildman–Crippen MR) is 157 cm³/mol. The van der Waals surface area contributed by atoms with Gasteiger partial charge >= 0.3 is 0 Å². The van der Waals surface area contributed by atoms with Gasteiger partial charge in [0.15, 0.2) is 0 Å². The highest BCUT2D eigenvalue weighted by molar-refractivity contribution is 9.10. The molecule has 0 aromatic heterocycles. The standard InChI is InChI=1S/C30H33BrFN3O4S/c1-22(30(37)33-26-8-4-2-5-9-26)34(20-23-12-16-25(32)17-13-23)29(36)21-35(27-18-14-24(31)15-19-27)40(38,39)28-10-6-3-7-11-28/h3,6-7,10-19,22,26H,2,4-5,8-9,20-21H2,1H3,(H,33,37). The summed E-state index contributed by atoms with van der Waals surface area (Å²) < 4.78 is 42.9. The Morgan fingerprint density at radius 2 is 1.57 bits per heavy atom. The SMILES string of the molecule is CC(C(=O)NC1CCCCC1)N(Cc1ccc(F)cc1)C(=O)CN(c1ccc(Br)cc1)S(=O)(=O)c1ccccc1. The molecule has 0 spiro atoms. The Bertz CT molecular complexity index is 1400. The van der Waals surface area contributed by atoms with E-state index in [-0.39, 0.29) is 23.4 Å². The number of nitrogens with one attached hydrogen (secondary N) is 1. The molecule has 0 radical (unpaired) electrons. The average Bonchev–Trinajstić information content (AvgIpc) is 2.96. The first-order valence-corrected chi connectivity index (χ1v) is 15.6. The summed E-state index contributed by atoms with van der Waals surface area (Å²) >= 11 is 3.37. The van der Waals surface area contributed by atoms with Gasteiger partial charge in [-0.15, -0.1) is 0 Å². The number of benzene rings is 3. The lowest BCUT2D eigenvalue weighted by atomic mass is 9.95. The minimum absolute atomic E-state index is 0.0118. The van der Waals surface area contributed by atoms with E-state index in [0.29, 0.717) is 11.3 Å². The Labute approximate surface area is 243 Å². The minimum atomic E-state index is -4.12.